The molecule has 0 aliphatic heterocycles. The Morgan fingerprint density at radius 1 is 0.267 bits per heavy atom. The van der Waals surface area contributed by atoms with Crippen molar-refractivity contribution in [2.45, 2.75) is 77.1 Å². The van der Waals surface area contributed by atoms with Gasteiger partial charge in [0.2, 0.25) is 0 Å². The van der Waals surface area contributed by atoms with Gasteiger partial charge in [0.25, 0.3) is 0 Å². The average molecular weight is 770 g/mol. The first-order valence-electron chi connectivity index (χ1n) is 9.08. The van der Waals surface area contributed by atoms with E-state index in [9.17, 15) is 132 Å². The zero-order valence-electron chi connectivity index (χ0n) is 18.7. The Labute approximate surface area is 223 Å². The zero-order chi connectivity index (χ0) is 37.7. The molecule has 0 rings (SSSR count). The van der Waals surface area contributed by atoms with Crippen molar-refractivity contribution in [3.63, 3.8) is 0 Å². The van der Waals surface area contributed by atoms with E-state index in [0.29, 0.717) is 0 Å². The molecule has 0 aliphatic rings. The Morgan fingerprint density at radius 3 is 0.644 bits per heavy atom. The van der Waals surface area contributed by atoms with E-state index >= 15 is 0 Å². The maximum absolute atomic E-state index is 14.0. The molecule has 0 radical (unpaired) electrons. The molecule has 0 spiro atoms. The monoisotopic (exact) mass is 770 g/mol. The molecule has 0 heterocycles. The molecular formula is C13F30OSi. The van der Waals surface area contributed by atoms with Crippen LogP contribution < -0.4 is 0 Å². The predicted molar refractivity (Wildman–Crippen MR) is 75.6 cm³/mol. The van der Waals surface area contributed by atoms with Crippen LogP contribution in [0.2, 0.25) is 0 Å². The summed E-state index contributed by atoms with van der Waals surface area (Å²) in [4.78, 5) is 0. The Balaban J connectivity index is 7.87. The summed E-state index contributed by atoms with van der Waals surface area (Å²) >= 11 is 0. The molecule has 0 saturated heterocycles. The van der Waals surface area contributed by atoms with E-state index in [4.69, 9.17) is 0 Å². The molecule has 1 nitrogen and oxygen atoms in total. The van der Waals surface area contributed by atoms with Crippen LogP contribution in [0.4, 0.5) is 132 Å². The maximum atomic E-state index is 14.0. The lowest BCUT2D eigenvalue weighted by molar-refractivity contribution is -0.473. The van der Waals surface area contributed by atoms with Crippen LogP contribution in [0.5, 0.6) is 0 Å². The van der Waals surface area contributed by atoms with Gasteiger partial charge in [0.1, 0.15) is 0 Å². The van der Waals surface area contributed by atoms with Crippen LogP contribution in [-0.2, 0) is 4.43 Å². The number of halogens is 30. The molecule has 0 aromatic heterocycles. The summed E-state index contributed by atoms with van der Waals surface area (Å²) in [6.45, 7) is 0. The summed E-state index contributed by atoms with van der Waals surface area (Å²) in [6.07, 6.45) is -16.3. The lowest BCUT2D eigenvalue weighted by atomic mass is 9.87. The van der Waals surface area contributed by atoms with E-state index in [1.54, 1.807) is 0 Å². The minimum absolute atomic E-state index is 0.870. The van der Waals surface area contributed by atoms with Crippen molar-refractivity contribution in [2.24, 2.45) is 0 Å². The fourth-order valence-corrected chi connectivity index (χ4v) is 4.99. The Morgan fingerprint density at radius 2 is 0.467 bits per heavy atom. The Bertz CT molecular complexity index is 1050. The Kier molecular flexibility index (Phi) is 9.85. The van der Waals surface area contributed by atoms with Crippen molar-refractivity contribution in [2.75, 3.05) is 0 Å². The number of hydrogen-bond acceptors (Lipinski definition) is 1. The SMILES string of the molecule is FC(F)(F)O[Si](C(F)(F)F)(C(F)(F)F)C(F)(F)C(F)(F)C(F)(F)C(F)(F)C(F)(F)C(F)(F)C(F)(F)C(F)(F)C(F)(F)C(F)(F)F. The third kappa shape index (κ3) is 5.38. The van der Waals surface area contributed by atoms with E-state index in [0.717, 1.165) is 4.43 Å². The molecule has 0 N–H and O–H groups in total. The summed E-state index contributed by atoms with van der Waals surface area (Å²) in [5, 5.41) is 0. The smallest absolute Gasteiger partial charge is 0.310 e. The fraction of sp³-hybridized carbons (Fsp3) is 1.00. The molecule has 272 valence electrons. The van der Waals surface area contributed by atoms with Crippen molar-refractivity contribution in [1.29, 1.82) is 0 Å². The molecule has 0 fully saturated rings. The lowest BCUT2D eigenvalue weighted by Crippen LogP contribution is -2.84. The number of alkyl halides is 30. The highest BCUT2D eigenvalue weighted by molar-refractivity contribution is 6.80. The maximum Gasteiger partial charge on any atom is 0.520 e. The normalized spacial score (nSPS) is 17.2. The Hall–Kier alpha value is -1.92. The first-order chi connectivity index (χ1) is 18.7. The van der Waals surface area contributed by atoms with E-state index in [1.807, 2.05) is 0 Å². The highest BCUT2D eigenvalue weighted by atomic mass is 28.4. The van der Waals surface area contributed by atoms with Crippen LogP contribution in [0.15, 0.2) is 0 Å². The van der Waals surface area contributed by atoms with Gasteiger partial charge in [-0.2, -0.15) is 110 Å². The highest BCUT2D eigenvalue weighted by Gasteiger charge is 3.03. The molecule has 0 aromatic carbocycles. The van der Waals surface area contributed by atoms with Gasteiger partial charge in [0.05, 0.1) is 0 Å². The summed E-state index contributed by atoms with van der Waals surface area (Å²) in [5.41, 5.74) is -9.79. The van der Waals surface area contributed by atoms with Gasteiger partial charge in [-0.3, -0.25) is 0 Å². The minimum Gasteiger partial charge on any atom is -0.310 e. The van der Waals surface area contributed by atoms with Gasteiger partial charge in [-0.1, -0.05) is 0 Å². The van der Waals surface area contributed by atoms with Crippen molar-refractivity contribution in [3.8, 4) is 0 Å². The molecule has 45 heavy (non-hydrogen) atoms. The van der Waals surface area contributed by atoms with Gasteiger partial charge < -0.3 is 4.43 Å². The highest BCUT2D eigenvalue weighted by Crippen LogP contribution is 2.68. The quantitative estimate of drug-likeness (QED) is 0.159. The van der Waals surface area contributed by atoms with Crippen LogP contribution >= 0.6 is 0 Å². The average Bonchev–Trinajstić information content (AvgIpc) is 2.72. The van der Waals surface area contributed by atoms with E-state index in [-0.39, 0.29) is 0 Å². The molecular weight excluding hydrogens is 770 g/mol. The predicted octanol–water partition coefficient (Wildman–Crippen LogP) is 9.49. The summed E-state index contributed by atoms with van der Waals surface area (Å²) < 4.78 is 394. The van der Waals surface area contributed by atoms with Gasteiger partial charge in [0, 0.05) is 0 Å². The summed E-state index contributed by atoms with van der Waals surface area (Å²) in [5.74, 6) is -95.4. The first kappa shape index (κ1) is 43.1. The molecule has 0 unspecified atom stereocenters. The largest absolute Gasteiger partial charge is 0.520 e. The molecule has 0 saturated carbocycles. The van der Waals surface area contributed by atoms with Crippen LogP contribution in [-0.4, -0.2) is 85.4 Å². The molecule has 32 heteroatoms. The van der Waals surface area contributed by atoms with Crippen molar-refractivity contribution in [1.82, 2.24) is 0 Å². The van der Waals surface area contributed by atoms with Crippen LogP contribution in [0, 0.1) is 0 Å². The van der Waals surface area contributed by atoms with Crippen LogP contribution in [0.25, 0.3) is 0 Å². The third-order valence-corrected chi connectivity index (χ3v) is 8.35. The van der Waals surface area contributed by atoms with E-state index in [1.165, 1.54) is 0 Å². The lowest BCUT2D eigenvalue weighted by Gasteiger charge is -2.47. The van der Waals surface area contributed by atoms with Crippen LogP contribution in [0.3, 0.4) is 0 Å². The van der Waals surface area contributed by atoms with Crippen LogP contribution in [0.1, 0.15) is 0 Å². The summed E-state index contributed by atoms with van der Waals surface area (Å²) in [6, 6.07) is 0. The summed E-state index contributed by atoms with van der Waals surface area (Å²) in [7, 11) is -11.5. The van der Waals surface area contributed by atoms with Crippen molar-refractivity contribution in [3.05, 3.63) is 0 Å². The topological polar surface area (TPSA) is 9.23 Å². The van der Waals surface area contributed by atoms with Gasteiger partial charge in [0.15, 0.2) is 0 Å². The van der Waals surface area contributed by atoms with Gasteiger partial charge >= 0.3 is 85.4 Å². The van der Waals surface area contributed by atoms with Crippen molar-refractivity contribution >= 4 is 8.32 Å². The standard InChI is InChI=1S/C13F30OSi/c14-1(15,3(18,19)5(22,23)7(26,27)9(30,31)32)2(16,17)4(20,21)6(24,25)8(28,29)10(33,34)45(12(38,39)40,13(41,42)43)44-11(35,36)37. The molecule has 0 amide bonds. The molecule has 0 aromatic rings. The second-order valence-corrected chi connectivity index (χ2v) is 11.2. The minimum atomic E-state index is -11.5. The van der Waals surface area contributed by atoms with Gasteiger partial charge in [-0.15, -0.1) is 13.2 Å². The second-order valence-electron chi connectivity index (χ2n) is 7.89. The number of hydrogen-bond donors (Lipinski definition) is 0. The third-order valence-electron chi connectivity index (χ3n) is 5.02. The number of rotatable bonds is 10. The second kappa shape index (κ2) is 10.3. The first-order valence-corrected chi connectivity index (χ1v) is 11.0. The van der Waals surface area contributed by atoms with E-state index < -0.39 is 85.4 Å². The molecule has 0 bridgehead atoms. The van der Waals surface area contributed by atoms with Gasteiger partial charge in [-0.05, 0) is 0 Å². The van der Waals surface area contributed by atoms with Crippen molar-refractivity contribution < 1.29 is 136 Å². The zero-order valence-corrected chi connectivity index (χ0v) is 19.7. The molecule has 0 atom stereocenters. The molecule has 0 aliphatic carbocycles. The van der Waals surface area contributed by atoms with Gasteiger partial charge in [-0.25, -0.2) is 8.78 Å². The van der Waals surface area contributed by atoms with E-state index in [2.05, 4.69) is 0 Å². The fourth-order valence-electron chi connectivity index (χ4n) is 2.65.